The van der Waals surface area contributed by atoms with Crippen molar-refractivity contribution in [2.24, 2.45) is 0 Å². The molecule has 0 spiro atoms. The number of allylic oxidation sites excluding steroid dienone is 2. The average molecular weight is 256 g/mol. The van der Waals surface area contributed by atoms with Gasteiger partial charge in [-0.3, -0.25) is 4.79 Å². The molecule has 0 amide bonds. The molecule has 0 aliphatic rings. The minimum absolute atomic E-state index is 0.410. The van der Waals surface area contributed by atoms with E-state index in [0.717, 1.165) is 19.3 Å². The molecular weight excluding hydrogens is 228 g/mol. The second kappa shape index (κ2) is 10.9. The maximum absolute atomic E-state index is 11.1. The summed E-state index contributed by atoms with van der Waals surface area (Å²) in [5.74, 6) is 0.410. The molecule has 100 valence electrons. The minimum Gasteiger partial charge on any atom is -0.300 e. The Morgan fingerprint density at radius 2 is 1.35 bits per heavy atom. The number of thiol groups is 1. The van der Waals surface area contributed by atoms with Gasteiger partial charge in [0.25, 0.3) is 0 Å². The number of carbonyl (C=O) groups is 1. The van der Waals surface area contributed by atoms with Crippen LogP contribution < -0.4 is 0 Å². The van der Waals surface area contributed by atoms with Gasteiger partial charge in [-0.1, -0.05) is 38.2 Å². The fourth-order valence-corrected chi connectivity index (χ4v) is 1.91. The van der Waals surface area contributed by atoms with E-state index < -0.39 is 0 Å². The molecule has 0 saturated carbocycles. The first-order valence-electron chi connectivity index (χ1n) is 6.95. The minimum atomic E-state index is 0.410. The predicted octanol–water partition coefficient (Wildman–Crippen LogP) is 5.31. The van der Waals surface area contributed by atoms with Crippen LogP contribution in [-0.2, 0) is 4.79 Å². The lowest BCUT2D eigenvalue weighted by Crippen LogP contribution is -1.94. The molecule has 0 aromatic carbocycles. The highest BCUT2D eigenvalue weighted by atomic mass is 32.1. The molecule has 0 fully saturated rings. The molecule has 2 heteroatoms. The topological polar surface area (TPSA) is 17.1 Å². The molecule has 0 saturated heterocycles. The Bertz CT molecular complexity index is 239. The summed E-state index contributed by atoms with van der Waals surface area (Å²) in [6.07, 6.45) is 10.0. The van der Waals surface area contributed by atoms with Crippen LogP contribution in [0, 0.1) is 0 Å². The van der Waals surface area contributed by atoms with E-state index in [9.17, 15) is 4.79 Å². The number of carbonyl (C=O) groups excluding carboxylic acids is 1. The second-order valence-electron chi connectivity index (χ2n) is 4.96. The summed E-state index contributed by atoms with van der Waals surface area (Å²) in [5, 5.41) is 0. The first kappa shape index (κ1) is 16.8. The van der Waals surface area contributed by atoms with Gasteiger partial charge in [-0.05, 0) is 38.0 Å². The van der Waals surface area contributed by atoms with Gasteiger partial charge in [0.2, 0.25) is 0 Å². The summed E-state index contributed by atoms with van der Waals surface area (Å²) in [6, 6.07) is 0. The van der Waals surface area contributed by atoms with E-state index in [2.05, 4.69) is 26.5 Å². The van der Waals surface area contributed by atoms with E-state index in [1.807, 2.05) is 6.92 Å². The standard InChI is InChI=1S/C15H28OS/c1-4-14(16)11-9-7-5-6-8-10-12-15(17)13(2)3/h17H,4-12H2,1-3H3. The molecule has 0 unspecified atom stereocenters. The summed E-state index contributed by atoms with van der Waals surface area (Å²) in [6.45, 7) is 6.18. The van der Waals surface area contributed by atoms with Gasteiger partial charge in [0, 0.05) is 12.8 Å². The summed E-state index contributed by atoms with van der Waals surface area (Å²) >= 11 is 4.46. The zero-order valence-corrected chi connectivity index (χ0v) is 12.6. The molecule has 0 aliphatic carbocycles. The fourth-order valence-electron chi connectivity index (χ4n) is 1.75. The number of hydrogen-bond donors (Lipinski definition) is 1. The quantitative estimate of drug-likeness (QED) is 0.414. The molecule has 0 aromatic heterocycles. The molecule has 0 radical (unpaired) electrons. The van der Waals surface area contributed by atoms with E-state index in [1.54, 1.807) is 0 Å². The molecule has 0 rings (SSSR count). The van der Waals surface area contributed by atoms with Crippen LogP contribution in [0.3, 0.4) is 0 Å². The Balaban J connectivity index is 3.25. The zero-order chi connectivity index (χ0) is 13.1. The van der Waals surface area contributed by atoms with Gasteiger partial charge in [0.05, 0.1) is 0 Å². The van der Waals surface area contributed by atoms with Crippen LogP contribution in [-0.4, -0.2) is 5.78 Å². The highest BCUT2D eigenvalue weighted by Gasteiger charge is 1.98. The summed E-state index contributed by atoms with van der Waals surface area (Å²) in [7, 11) is 0. The van der Waals surface area contributed by atoms with Crippen LogP contribution in [0.2, 0.25) is 0 Å². The third kappa shape index (κ3) is 10.6. The number of hydrogen-bond acceptors (Lipinski definition) is 2. The smallest absolute Gasteiger partial charge is 0.132 e. The Kier molecular flexibility index (Phi) is 10.7. The Labute approximate surface area is 112 Å². The summed E-state index contributed by atoms with van der Waals surface area (Å²) < 4.78 is 0. The molecular formula is C15H28OS. The van der Waals surface area contributed by atoms with E-state index >= 15 is 0 Å². The van der Waals surface area contributed by atoms with Gasteiger partial charge < -0.3 is 0 Å². The third-order valence-electron chi connectivity index (χ3n) is 3.09. The van der Waals surface area contributed by atoms with Crippen molar-refractivity contribution < 1.29 is 4.79 Å². The molecule has 0 aromatic rings. The van der Waals surface area contributed by atoms with Crippen LogP contribution in [0.5, 0.6) is 0 Å². The Hall–Kier alpha value is -0.240. The van der Waals surface area contributed by atoms with Crippen molar-refractivity contribution in [1.29, 1.82) is 0 Å². The molecule has 17 heavy (non-hydrogen) atoms. The van der Waals surface area contributed by atoms with Crippen molar-refractivity contribution in [2.45, 2.75) is 78.6 Å². The highest BCUT2D eigenvalue weighted by molar-refractivity contribution is 7.84. The van der Waals surface area contributed by atoms with Crippen LogP contribution in [0.15, 0.2) is 10.5 Å². The lowest BCUT2D eigenvalue weighted by atomic mass is 10.1. The number of rotatable bonds is 10. The molecule has 0 aliphatic heterocycles. The van der Waals surface area contributed by atoms with Gasteiger partial charge in [-0.2, -0.15) is 0 Å². The molecule has 1 nitrogen and oxygen atoms in total. The lowest BCUT2D eigenvalue weighted by molar-refractivity contribution is -0.118. The van der Waals surface area contributed by atoms with Gasteiger partial charge >= 0.3 is 0 Å². The monoisotopic (exact) mass is 256 g/mol. The number of ketones is 1. The maximum Gasteiger partial charge on any atom is 0.132 e. The first-order chi connectivity index (χ1) is 8.07. The van der Waals surface area contributed by atoms with E-state index in [-0.39, 0.29) is 0 Å². The van der Waals surface area contributed by atoms with Crippen molar-refractivity contribution in [3.05, 3.63) is 10.5 Å². The largest absolute Gasteiger partial charge is 0.300 e. The normalized spacial score (nSPS) is 10.4. The van der Waals surface area contributed by atoms with E-state index in [4.69, 9.17) is 0 Å². The average Bonchev–Trinajstić information content (AvgIpc) is 2.31. The summed E-state index contributed by atoms with van der Waals surface area (Å²) in [4.78, 5) is 12.3. The predicted molar refractivity (Wildman–Crippen MR) is 79.6 cm³/mol. The SMILES string of the molecule is CCC(=O)CCCCCCCCC(S)=C(C)C. The Morgan fingerprint density at radius 1 is 0.882 bits per heavy atom. The van der Waals surface area contributed by atoms with Gasteiger partial charge in [-0.25, -0.2) is 0 Å². The summed E-state index contributed by atoms with van der Waals surface area (Å²) in [5.41, 5.74) is 1.34. The van der Waals surface area contributed by atoms with Crippen molar-refractivity contribution in [3.63, 3.8) is 0 Å². The van der Waals surface area contributed by atoms with Gasteiger partial charge in [-0.15, -0.1) is 12.6 Å². The van der Waals surface area contributed by atoms with Crippen LogP contribution in [0.4, 0.5) is 0 Å². The second-order valence-corrected chi connectivity index (χ2v) is 5.50. The maximum atomic E-state index is 11.1. The molecule has 0 atom stereocenters. The molecule has 0 heterocycles. The van der Waals surface area contributed by atoms with Crippen molar-refractivity contribution in [3.8, 4) is 0 Å². The first-order valence-corrected chi connectivity index (χ1v) is 7.39. The van der Waals surface area contributed by atoms with Crippen LogP contribution >= 0.6 is 12.6 Å². The molecule has 0 bridgehead atoms. The lowest BCUT2D eigenvalue weighted by Gasteiger charge is -2.03. The fraction of sp³-hybridized carbons (Fsp3) is 0.800. The van der Waals surface area contributed by atoms with E-state index in [0.29, 0.717) is 12.2 Å². The number of unbranched alkanes of at least 4 members (excludes halogenated alkanes) is 5. The zero-order valence-electron chi connectivity index (χ0n) is 11.7. The van der Waals surface area contributed by atoms with Gasteiger partial charge in [0.15, 0.2) is 0 Å². The van der Waals surface area contributed by atoms with Gasteiger partial charge in [0.1, 0.15) is 5.78 Å². The highest BCUT2D eigenvalue weighted by Crippen LogP contribution is 2.17. The van der Waals surface area contributed by atoms with Crippen LogP contribution in [0.25, 0.3) is 0 Å². The molecule has 0 N–H and O–H groups in total. The third-order valence-corrected chi connectivity index (χ3v) is 3.76. The van der Waals surface area contributed by atoms with Crippen molar-refractivity contribution >= 4 is 18.4 Å². The van der Waals surface area contributed by atoms with E-state index in [1.165, 1.54) is 42.6 Å². The van der Waals surface area contributed by atoms with Crippen molar-refractivity contribution in [2.75, 3.05) is 0 Å². The Morgan fingerprint density at radius 3 is 1.82 bits per heavy atom. The van der Waals surface area contributed by atoms with Crippen molar-refractivity contribution in [1.82, 2.24) is 0 Å². The van der Waals surface area contributed by atoms with Crippen LogP contribution in [0.1, 0.15) is 78.6 Å². The number of Topliss-reactive ketones (excluding diaryl/α,β-unsaturated/α-hetero) is 1.